The van der Waals surface area contributed by atoms with E-state index < -0.39 is 6.04 Å². The van der Waals surface area contributed by atoms with E-state index in [1.165, 1.54) is 31.4 Å². The van der Waals surface area contributed by atoms with Crippen molar-refractivity contribution in [2.75, 3.05) is 0 Å². The van der Waals surface area contributed by atoms with E-state index in [2.05, 4.69) is 5.32 Å². The van der Waals surface area contributed by atoms with Crippen LogP contribution in [0.2, 0.25) is 0 Å². The fourth-order valence-corrected chi connectivity index (χ4v) is 2.43. The first-order valence-corrected chi connectivity index (χ1v) is 7.04. The summed E-state index contributed by atoms with van der Waals surface area (Å²) in [7, 11) is 0. The molecular weight excluding hydrogens is 256 g/mol. The fraction of sp³-hybridized carbons (Fsp3) is 0.533. The largest absolute Gasteiger partial charge is 0.504 e. The highest BCUT2D eigenvalue weighted by Gasteiger charge is 2.26. The Morgan fingerprint density at radius 3 is 2.65 bits per heavy atom. The van der Waals surface area contributed by atoms with Gasteiger partial charge in [0.15, 0.2) is 11.5 Å². The second-order valence-electron chi connectivity index (χ2n) is 5.62. The van der Waals surface area contributed by atoms with Crippen molar-refractivity contribution in [3.63, 3.8) is 0 Å². The molecule has 1 amide bonds. The summed E-state index contributed by atoms with van der Waals surface area (Å²) in [6.45, 7) is 2.01. The van der Waals surface area contributed by atoms with Gasteiger partial charge in [-0.25, -0.2) is 0 Å². The molecule has 1 aliphatic rings. The molecule has 1 saturated carbocycles. The van der Waals surface area contributed by atoms with Crippen LogP contribution in [-0.2, 0) is 11.2 Å². The Hall–Kier alpha value is -1.75. The Balaban J connectivity index is 1.88. The highest BCUT2D eigenvalue weighted by atomic mass is 16.3. The van der Waals surface area contributed by atoms with Gasteiger partial charge in [-0.2, -0.15) is 0 Å². The van der Waals surface area contributed by atoms with Crippen LogP contribution >= 0.6 is 0 Å². The van der Waals surface area contributed by atoms with Crippen LogP contribution in [0.3, 0.4) is 0 Å². The predicted octanol–water partition coefficient (Wildman–Crippen LogP) is 1.27. The summed E-state index contributed by atoms with van der Waals surface area (Å²) in [5.41, 5.74) is 6.61. The first-order valence-electron chi connectivity index (χ1n) is 7.04. The minimum Gasteiger partial charge on any atom is -0.504 e. The fourth-order valence-electron chi connectivity index (χ4n) is 2.43. The summed E-state index contributed by atoms with van der Waals surface area (Å²) in [5, 5.41) is 21.6. The third-order valence-electron chi connectivity index (χ3n) is 4.06. The molecule has 5 N–H and O–H groups in total. The minimum absolute atomic E-state index is 0.163. The molecule has 0 radical (unpaired) electrons. The van der Waals surface area contributed by atoms with Crippen LogP contribution in [0.4, 0.5) is 0 Å². The Morgan fingerprint density at radius 2 is 2.10 bits per heavy atom. The van der Waals surface area contributed by atoms with E-state index in [1.54, 1.807) is 6.07 Å². The standard InChI is InChI=1S/C15H22N2O3/c1-9(11-3-2-4-11)17-15(20)12(16)7-10-5-6-13(18)14(19)8-10/h5-6,8-9,11-12,18-19H,2-4,7,16H2,1H3,(H,17,20)/t9?,12-/m0/s1. The zero-order valence-corrected chi connectivity index (χ0v) is 11.7. The topological polar surface area (TPSA) is 95.6 Å². The summed E-state index contributed by atoms with van der Waals surface area (Å²) in [5.74, 6) is 0.0316. The molecule has 1 aromatic carbocycles. The molecule has 1 aliphatic carbocycles. The molecule has 2 rings (SSSR count). The quantitative estimate of drug-likeness (QED) is 0.610. The summed E-state index contributed by atoms with van der Waals surface area (Å²) < 4.78 is 0. The third-order valence-corrected chi connectivity index (χ3v) is 4.06. The van der Waals surface area contributed by atoms with Gasteiger partial charge in [0, 0.05) is 6.04 Å². The molecule has 5 heteroatoms. The maximum atomic E-state index is 12.0. The first-order chi connectivity index (χ1) is 9.47. The lowest BCUT2D eigenvalue weighted by Gasteiger charge is -2.32. The number of benzene rings is 1. The normalized spacial score (nSPS) is 18.1. The number of phenolic OH excluding ortho intramolecular Hbond substituents is 2. The molecule has 0 spiro atoms. The van der Waals surface area contributed by atoms with Crippen molar-refractivity contribution < 1.29 is 15.0 Å². The number of carbonyl (C=O) groups is 1. The highest BCUT2D eigenvalue weighted by Crippen LogP contribution is 2.29. The average molecular weight is 278 g/mol. The second-order valence-corrected chi connectivity index (χ2v) is 5.62. The summed E-state index contributed by atoms with van der Waals surface area (Å²) >= 11 is 0. The van der Waals surface area contributed by atoms with Crippen molar-refractivity contribution in [1.82, 2.24) is 5.32 Å². The summed E-state index contributed by atoms with van der Waals surface area (Å²) in [6.07, 6.45) is 3.91. The third kappa shape index (κ3) is 3.42. The molecule has 5 nitrogen and oxygen atoms in total. The smallest absolute Gasteiger partial charge is 0.237 e. The lowest BCUT2D eigenvalue weighted by atomic mass is 9.80. The van der Waals surface area contributed by atoms with Gasteiger partial charge in [-0.05, 0) is 49.8 Å². The average Bonchev–Trinajstić information content (AvgIpc) is 2.31. The number of hydrogen-bond acceptors (Lipinski definition) is 4. The number of hydrogen-bond donors (Lipinski definition) is 4. The van der Waals surface area contributed by atoms with E-state index in [9.17, 15) is 15.0 Å². The van der Waals surface area contributed by atoms with Crippen molar-refractivity contribution in [2.45, 2.75) is 44.7 Å². The first kappa shape index (κ1) is 14.7. The van der Waals surface area contributed by atoms with Gasteiger partial charge >= 0.3 is 0 Å². The monoisotopic (exact) mass is 278 g/mol. The summed E-state index contributed by atoms with van der Waals surface area (Å²) in [4.78, 5) is 12.0. The number of nitrogens with two attached hydrogens (primary N) is 1. The molecule has 0 saturated heterocycles. The van der Waals surface area contributed by atoms with Gasteiger partial charge in [0.1, 0.15) is 0 Å². The molecule has 0 heterocycles. The molecule has 20 heavy (non-hydrogen) atoms. The van der Waals surface area contributed by atoms with Crippen LogP contribution in [0.1, 0.15) is 31.7 Å². The minimum atomic E-state index is -0.651. The predicted molar refractivity (Wildman–Crippen MR) is 76.4 cm³/mol. The lowest BCUT2D eigenvalue weighted by Crippen LogP contribution is -2.48. The number of rotatable bonds is 5. The van der Waals surface area contributed by atoms with Gasteiger partial charge < -0.3 is 21.3 Å². The second kappa shape index (κ2) is 6.13. The van der Waals surface area contributed by atoms with E-state index in [0.29, 0.717) is 12.3 Å². The van der Waals surface area contributed by atoms with Gasteiger partial charge in [0.25, 0.3) is 0 Å². The maximum Gasteiger partial charge on any atom is 0.237 e. The highest BCUT2D eigenvalue weighted by molar-refractivity contribution is 5.82. The van der Waals surface area contributed by atoms with Crippen LogP contribution in [0.15, 0.2) is 18.2 Å². The van der Waals surface area contributed by atoms with Gasteiger partial charge in [0.05, 0.1) is 6.04 Å². The zero-order valence-electron chi connectivity index (χ0n) is 11.7. The molecule has 110 valence electrons. The number of amides is 1. The van der Waals surface area contributed by atoms with E-state index >= 15 is 0 Å². The Kier molecular flexibility index (Phi) is 4.49. The molecular formula is C15H22N2O3. The van der Waals surface area contributed by atoms with Crippen molar-refractivity contribution >= 4 is 5.91 Å². The van der Waals surface area contributed by atoms with Crippen molar-refractivity contribution in [3.8, 4) is 11.5 Å². The van der Waals surface area contributed by atoms with E-state index in [1.807, 2.05) is 6.92 Å². The number of phenols is 2. The van der Waals surface area contributed by atoms with E-state index in [0.717, 1.165) is 5.56 Å². The lowest BCUT2D eigenvalue weighted by molar-refractivity contribution is -0.123. The Labute approximate surface area is 118 Å². The van der Waals surface area contributed by atoms with Crippen LogP contribution in [0.5, 0.6) is 11.5 Å². The number of carbonyl (C=O) groups excluding carboxylic acids is 1. The van der Waals surface area contributed by atoms with Crippen molar-refractivity contribution in [2.24, 2.45) is 11.7 Å². The Morgan fingerprint density at radius 1 is 1.40 bits per heavy atom. The molecule has 0 bridgehead atoms. The van der Waals surface area contributed by atoms with Crippen LogP contribution in [-0.4, -0.2) is 28.2 Å². The molecule has 1 unspecified atom stereocenters. The molecule has 1 aromatic rings. The van der Waals surface area contributed by atoms with E-state index in [4.69, 9.17) is 5.73 Å². The number of nitrogens with one attached hydrogen (secondary N) is 1. The zero-order chi connectivity index (χ0) is 14.7. The van der Waals surface area contributed by atoms with Gasteiger partial charge in [-0.3, -0.25) is 4.79 Å². The molecule has 0 aromatic heterocycles. The van der Waals surface area contributed by atoms with Crippen molar-refractivity contribution in [1.29, 1.82) is 0 Å². The maximum absolute atomic E-state index is 12.0. The van der Waals surface area contributed by atoms with Gasteiger partial charge in [0.2, 0.25) is 5.91 Å². The van der Waals surface area contributed by atoms with Crippen LogP contribution in [0, 0.1) is 5.92 Å². The Bertz CT molecular complexity index is 486. The number of aromatic hydroxyl groups is 2. The van der Waals surface area contributed by atoms with E-state index in [-0.39, 0.29) is 23.4 Å². The van der Waals surface area contributed by atoms with Gasteiger partial charge in [-0.1, -0.05) is 12.5 Å². The summed E-state index contributed by atoms with van der Waals surface area (Å²) in [6, 6.07) is 3.98. The van der Waals surface area contributed by atoms with Crippen LogP contribution in [0.25, 0.3) is 0 Å². The molecule has 0 aliphatic heterocycles. The SMILES string of the molecule is CC(NC(=O)[C@@H](N)Cc1ccc(O)c(O)c1)C1CCC1. The molecule has 2 atom stereocenters. The van der Waals surface area contributed by atoms with Crippen molar-refractivity contribution in [3.05, 3.63) is 23.8 Å². The molecule has 1 fully saturated rings. The van der Waals surface area contributed by atoms with Crippen LogP contribution < -0.4 is 11.1 Å². The van der Waals surface area contributed by atoms with Gasteiger partial charge in [-0.15, -0.1) is 0 Å².